The van der Waals surface area contributed by atoms with Gasteiger partial charge in [-0.3, -0.25) is 4.79 Å². The van der Waals surface area contributed by atoms with Gasteiger partial charge < -0.3 is 19.4 Å². The highest BCUT2D eigenvalue weighted by Gasteiger charge is 2.15. The summed E-state index contributed by atoms with van der Waals surface area (Å²) in [5.74, 6) is 1.67. The molecule has 0 saturated heterocycles. The van der Waals surface area contributed by atoms with Gasteiger partial charge in [-0.1, -0.05) is 24.3 Å². The van der Waals surface area contributed by atoms with Gasteiger partial charge in [-0.25, -0.2) is 0 Å². The molecule has 0 saturated carbocycles. The van der Waals surface area contributed by atoms with E-state index < -0.39 is 0 Å². The van der Waals surface area contributed by atoms with Crippen molar-refractivity contribution in [2.45, 2.75) is 25.8 Å². The average molecular weight is 350 g/mol. The van der Waals surface area contributed by atoms with Crippen LogP contribution in [0.5, 0.6) is 11.5 Å². The van der Waals surface area contributed by atoms with Crippen LogP contribution in [0.15, 0.2) is 48.7 Å². The van der Waals surface area contributed by atoms with Crippen molar-refractivity contribution >= 4 is 16.8 Å². The molecule has 5 nitrogen and oxygen atoms in total. The van der Waals surface area contributed by atoms with Crippen LogP contribution in [-0.2, 0) is 17.8 Å². The molecule has 0 radical (unpaired) electrons. The molecule has 5 heteroatoms. The molecule has 134 valence electrons. The molecule has 0 atom stereocenters. The Morgan fingerprint density at radius 1 is 1.15 bits per heavy atom. The summed E-state index contributed by atoms with van der Waals surface area (Å²) in [4.78, 5) is 17.5. The SMILES string of the molecule is CN(Cc1ccc2c(c1)OCO2)C(=O)CCCc1c[nH]c2ccccc12. The molecular weight excluding hydrogens is 328 g/mol. The van der Waals surface area contributed by atoms with Crippen LogP contribution in [-0.4, -0.2) is 29.6 Å². The van der Waals surface area contributed by atoms with Crippen LogP contribution in [0.1, 0.15) is 24.0 Å². The molecular formula is C21H22N2O3. The molecule has 4 rings (SSSR count). The summed E-state index contributed by atoms with van der Waals surface area (Å²) in [7, 11) is 1.85. The number of benzene rings is 2. The second-order valence-corrected chi connectivity index (χ2v) is 6.65. The van der Waals surface area contributed by atoms with E-state index in [9.17, 15) is 4.79 Å². The monoisotopic (exact) mass is 350 g/mol. The van der Waals surface area contributed by atoms with Crippen LogP contribution in [0.25, 0.3) is 10.9 Å². The van der Waals surface area contributed by atoms with Gasteiger partial charge >= 0.3 is 0 Å². The number of carbonyl (C=O) groups is 1. The number of hydrogen-bond donors (Lipinski definition) is 1. The molecule has 1 N–H and O–H groups in total. The highest BCUT2D eigenvalue weighted by molar-refractivity contribution is 5.83. The van der Waals surface area contributed by atoms with Gasteiger partial charge in [0, 0.05) is 37.1 Å². The summed E-state index contributed by atoms with van der Waals surface area (Å²) < 4.78 is 10.7. The van der Waals surface area contributed by atoms with Crippen molar-refractivity contribution in [1.29, 1.82) is 0 Å². The number of aromatic amines is 1. The zero-order chi connectivity index (χ0) is 17.9. The maximum Gasteiger partial charge on any atom is 0.231 e. The maximum atomic E-state index is 12.4. The molecule has 0 unspecified atom stereocenters. The first-order valence-electron chi connectivity index (χ1n) is 8.88. The molecule has 1 aromatic heterocycles. The van der Waals surface area contributed by atoms with Crippen LogP contribution in [0.2, 0.25) is 0 Å². The minimum absolute atomic E-state index is 0.155. The lowest BCUT2D eigenvalue weighted by Gasteiger charge is -2.17. The Bertz CT molecular complexity index is 932. The first kappa shape index (κ1) is 16.5. The van der Waals surface area contributed by atoms with E-state index in [4.69, 9.17) is 9.47 Å². The number of ether oxygens (including phenoxy) is 2. The number of para-hydroxylation sites is 1. The van der Waals surface area contributed by atoms with Crippen molar-refractivity contribution in [2.75, 3.05) is 13.8 Å². The predicted octanol–water partition coefficient (Wildman–Crippen LogP) is 3.88. The van der Waals surface area contributed by atoms with Gasteiger partial charge in [-0.05, 0) is 42.2 Å². The van der Waals surface area contributed by atoms with Crippen molar-refractivity contribution in [1.82, 2.24) is 9.88 Å². The molecule has 2 heterocycles. The van der Waals surface area contributed by atoms with E-state index in [0.29, 0.717) is 13.0 Å². The fraction of sp³-hybridized carbons (Fsp3) is 0.286. The molecule has 3 aromatic rings. The fourth-order valence-corrected chi connectivity index (χ4v) is 3.36. The topological polar surface area (TPSA) is 54.6 Å². The number of aromatic nitrogens is 1. The lowest BCUT2D eigenvalue weighted by Crippen LogP contribution is -2.25. The second-order valence-electron chi connectivity index (χ2n) is 6.65. The van der Waals surface area contributed by atoms with Crippen LogP contribution in [0.4, 0.5) is 0 Å². The standard InChI is InChI=1S/C21H22N2O3/c1-23(13-15-9-10-19-20(11-15)26-14-25-19)21(24)8-4-5-16-12-22-18-7-3-2-6-17(16)18/h2-3,6-7,9-12,22H,4-5,8,13-14H2,1H3. The highest BCUT2D eigenvalue weighted by Crippen LogP contribution is 2.32. The number of nitrogens with one attached hydrogen (secondary N) is 1. The molecule has 0 bridgehead atoms. The van der Waals surface area contributed by atoms with E-state index in [-0.39, 0.29) is 12.7 Å². The molecule has 2 aromatic carbocycles. The Kier molecular flexibility index (Phi) is 4.52. The Hall–Kier alpha value is -2.95. The van der Waals surface area contributed by atoms with Crippen molar-refractivity contribution in [3.05, 3.63) is 59.8 Å². The van der Waals surface area contributed by atoms with Crippen molar-refractivity contribution in [3.8, 4) is 11.5 Å². The lowest BCUT2D eigenvalue weighted by molar-refractivity contribution is -0.130. The zero-order valence-electron chi connectivity index (χ0n) is 14.8. The number of hydrogen-bond acceptors (Lipinski definition) is 3. The molecule has 1 amide bonds. The summed E-state index contributed by atoms with van der Waals surface area (Å²) >= 11 is 0. The minimum atomic E-state index is 0.155. The molecule has 0 aliphatic carbocycles. The summed E-state index contributed by atoms with van der Waals surface area (Å²) in [5, 5.41) is 1.24. The second kappa shape index (κ2) is 7.12. The quantitative estimate of drug-likeness (QED) is 0.734. The lowest BCUT2D eigenvalue weighted by atomic mass is 10.1. The molecule has 0 spiro atoms. The molecule has 0 fully saturated rings. The van der Waals surface area contributed by atoms with Crippen molar-refractivity contribution < 1.29 is 14.3 Å². The number of H-pyrrole nitrogens is 1. The van der Waals surface area contributed by atoms with E-state index in [1.165, 1.54) is 10.9 Å². The summed E-state index contributed by atoms with van der Waals surface area (Å²) in [6.45, 7) is 0.837. The average Bonchev–Trinajstić information content (AvgIpc) is 3.28. The third kappa shape index (κ3) is 3.38. The third-order valence-corrected chi connectivity index (χ3v) is 4.79. The largest absolute Gasteiger partial charge is 0.454 e. The Balaban J connectivity index is 1.30. The van der Waals surface area contributed by atoms with E-state index in [0.717, 1.165) is 35.4 Å². The third-order valence-electron chi connectivity index (χ3n) is 4.79. The number of fused-ring (bicyclic) bond motifs is 2. The number of carbonyl (C=O) groups excluding carboxylic acids is 1. The Morgan fingerprint density at radius 3 is 2.92 bits per heavy atom. The van der Waals surface area contributed by atoms with Crippen LogP contribution in [0, 0.1) is 0 Å². The number of amides is 1. The maximum absolute atomic E-state index is 12.4. The Morgan fingerprint density at radius 2 is 2.00 bits per heavy atom. The van der Waals surface area contributed by atoms with Crippen LogP contribution in [0.3, 0.4) is 0 Å². The summed E-state index contributed by atoms with van der Waals surface area (Å²) in [6.07, 6.45) is 4.33. The molecule has 26 heavy (non-hydrogen) atoms. The van der Waals surface area contributed by atoms with Gasteiger partial charge in [0.2, 0.25) is 12.7 Å². The molecule has 1 aliphatic heterocycles. The number of nitrogens with zero attached hydrogens (tertiary/aromatic N) is 1. The van der Waals surface area contributed by atoms with Crippen LogP contribution >= 0.6 is 0 Å². The normalized spacial score (nSPS) is 12.5. The van der Waals surface area contributed by atoms with Gasteiger partial charge in [0.1, 0.15) is 0 Å². The first-order chi connectivity index (χ1) is 12.7. The fourth-order valence-electron chi connectivity index (χ4n) is 3.36. The van der Waals surface area contributed by atoms with E-state index in [1.807, 2.05) is 43.6 Å². The minimum Gasteiger partial charge on any atom is -0.454 e. The van der Waals surface area contributed by atoms with Gasteiger partial charge in [-0.15, -0.1) is 0 Å². The van der Waals surface area contributed by atoms with E-state index in [2.05, 4.69) is 17.1 Å². The smallest absolute Gasteiger partial charge is 0.231 e. The van der Waals surface area contributed by atoms with Gasteiger partial charge in [0.05, 0.1) is 0 Å². The number of aryl methyl sites for hydroxylation is 1. The Labute approximate surface area is 152 Å². The van der Waals surface area contributed by atoms with Crippen molar-refractivity contribution in [2.24, 2.45) is 0 Å². The first-order valence-corrected chi connectivity index (χ1v) is 8.88. The summed E-state index contributed by atoms with van der Waals surface area (Å²) in [6, 6.07) is 14.1. The van der Waals surface area contributed by atoms with Gasteiger partial charge in [-0.2, -0.15) is 0 Å². The number of rotatable bonds is 6. The van der Waals surface area contributed by atoms with E-state index in [1.54, 1.807) is 4.90 Å². The van der Waals surface area contributed by atoms with Crippen molar-refractivity contribution in [3.63, 3.8) is 0 Å². The van der Waals surface area contributed by atoms with E-state index >= 15 is 0 Å². The zero-order valence-corrected chi connectivity index (χ0v) is 14.8. The predicted molar refractivity (Wildman–Crippen MR) is 100 cm³/mol. The highest BCUT2D eigenvalue weighted by atomic mass is 16.7. The molecule has 1 aliphatic rings. The summed E-state index contributed by atoms with van der Waals surface area (Å²) in [5.41, 5.74) is 3.46. The van der Waals surface area contributed by atoms with Gasteiger partial charge in [0.25, 0.3) is 0 Å². The van der Waals surface area contributed by atoms with Crippen LogP contribution < -0.4 is 9.47 Å². The van der Waals surface area contributed by atoms with Gasteiger partial charge in [0.15, 0.2) is 11.5 Å².